The molecule has 1 aromatic rings. The van der Waals surface area contributed by atoms with Crippen molar-refractivity contribution in [2.45, 2.75) is 19.9 Å². The lowest BCUT2D eigenvalue weighted by Crippen LogP contribution is -2.37. The van der Waals surface area contributed by atoms with Gasteiger partial charge in [-0.2, -0.15) is 0 Å². The molecule has 16 heavy (non-hydrogen) atoms. The van der Waals surface area contributed by atoms with Gasteiger partial charge in [0.15, 0.2) is 0 Å². The first-order valence-corrected chi connectivity index (χ1v) is 5.36. The Bertz CT molecular complexity index is 415. The molecule has 1 aromatic carbocycles. The number of benzene rings is 1. The Hall–Kier alpha value is -1.71. The summed E-state index contributed by atoms with van der Waals surface area (Å²) in [5.41, 5.74) is 1.25. The molecule has 1 aliphatic heterocycles. The number of nitrogens with zero attached hydrogens (tertiary/aromatic N) is 1. The Morgan fingerprint density at radius 2 is 2.25 bits per heavy atom. The summed E-state index contributed by atoms with van der Waals surface area (Å²) < 4.78 is 5.49. The molecule has 0 radical (unpaired) electrons. The highest BCUT2D eigenvalue weighted by atomic mass is 16.5. The summed E-state index contributed by atoms with van der Waals surface area (Å²) in [5.74, 6) is -0.257. The maximum Gasteiger partial charge on any atom is 0.335 e. The summed E-state index contributed by atoms with van der Waals surface area (Å²) in [7, 11) is 0. The second-order valence-electron chi connectivity index (χ2n) is 4.12. The van der Waals surface area contributed by atoms with E-state index in [1.807, 2.05) is 6.07 Å². The van der Waals surface area contributed by atoms with Crippen molar-refractivity contribution >= 4 is 11.7 Å². The largest absolute Gasteiger partial charge is 0.490 e. The van der Waals surface area contributed by atoms with E-state index in [4.69, 9.17) is 9.84 Å². The third-order valence-electron chi connectivity index (χ3n) is 2.73. The zero-order chi connectivity index (χ0) is 11.7. The van der Waals surface area contributed by atoms with Gasteiger partial charge in [0.05, 0.1) is 17.8 Å². The first kappa shape index (κ1) is 10.8. The molecule has 1 heterocycles. The van der Waals surface area contributed by atoms with Crippen molar-refractivity contribution in [2.24, 2.45) is 0 Å². The normalized spacial score (nSPS) is 14.6. The Balaban J connectivity index is 2.40. The van der Waals surface area contributed by atoms with Gasteiger partial charge in [0.1, 0.15) is 12.4 Å². The molecule has 4 nitrogen and oxygen atoms in total. The minimum Gasteiger partial charge on any atom is -0.490 e. The Kier molecular flexibility index (Phi) is 2.73. The number of fused-ring (bicyclic) bond motifs is 1. The zero-order valence-corrected chi connectivity index (χ0v) is 9.43. The number of aromatic carboxylic acids is 1. The molecule has 0 bridgehead atoms. The highest BCUT2D eigenvalue weighted by Crippen LogP contribution is 2.33. The molecule has 0 amide bonds. The standard InChI is InChI=1S/C12H15NO3/c1-8(2)13-5-6-16-11-7-9(12(14)15)3-4-10(11)13/h3-4,7-8H,5-6H2,1-2H3,(H,14,15). The molecule has 0 saturated heterocycles. The van der Waals surface area contributed by atoms with Gasteiger partial charge in [-0.3, -0.25) is 0 Å². The molecule has 1 N–H and O–H groups in total. The molecule has 2 rings (SSSR count). The summed E-state index contributed by atoms with van der Waals surface area (Å²) in [6.07, 6.45) is 0. The molecule has 0 atom stereocenters. The zero-order valence-electron chi connectivity index (χ0n) is 9.43. The van der Waals surface area contributed by atoms with E-state index >= 15 is 0 Å². The first-order chi connectivity index (χ1) is 7.59. The van der Waals surface area contributed by atoms with Gasteiger partial charge in [0.25, 0.3) is 0 Å². The van der Waals surface area contributed by atoms with Crippen molar-refractivity contribution in [3.63, 3.8) is 0 Å². The van der Waals surface area contributed by atoms with E-state index in [2.05, 4.69) is 18.7 Å². The van der Waals surface area contributed by atoms with Gasteiger partial charge < -0.3 is 14.7 Å². The lowest BCUT2D eigenvalue weighted by molar-refractivity contribution is 0.0696. The summed E-state index contributed by atoms with van der Waals surface area (Å²) in [5, 5.41) is 8.89. The summed E-state index contributed by atoms with van der Waals surface area (Å²) >= 11 is 0. The molecule has 86 valence electrons. The quantitative estimate of drug-likeness (QED) is 0.829. The number of rotatable bonds is 2. The summed E-state index contributed by atoms with van der Waals surface area (Å²) in [6.45, 7) is 5.67. The van der Waals surface area contributed by atoms with Crippen molar-refractivity contribution < 1.29 is 14.6 Å². The molecule has 0 saturated carbocycles. The predicted octanol–water partition coefficient (Wildman–Crippen LogP) is 1.99. The van der Waals surface area contributed by atoms with E-state index in [1.165, 1.54) is 0 Å². The second-order valence-corrected chi connectivity index (χ2v) is 4.12. The Morgan fingerprint density at radius 1 is 1.50 bits per heavy atom. The minimum atomic E-state index is -0.923. The van der Waals surface area contributed by atoms with Crippen LogP contribution < -0.4 is 9.64 Å². The van der Waals surface area contributed by atoms with E-state index in [1.54, 1.807) is 12.1 Å². The van der Waals surface area contributed by atoms with Gasteiger partial charge in [-0.15, -0.1) is 0 Å². The first-order valence-electron chi connectivity index (χ1n) is 5.36. The average molecular weight is 221 g/mol. The van der Waals surface area contributed by atoms with Crippen molar-refractivity contribution in [3.05, 3.63) is 23.8 Å². The third-order valence-corrected chi connectivity index (χ3v) is 2.73. The number of anilines is 1. The van der Waals surface area contributed by atoms with Crippen molar-refractivity contribution in [3.8, 4) is 5.75 Å². The highest BCUT2D eigenvalue weighted by Gasteiger charge is 2.21. The van der Waals surface area contributed by atoms with Crippen LogP contribution in [0.2, 0.25) is 0 Å². The van der Waals surface area contributed by atoms with Crippen molar-refractivity contribution in [1.82, 2.24) is 0 Å². The molecule has 4 heteroatoms. The van der Waals surface area contributed by atoms with Crippen LogP contribution in [0.5, 0.6) is 5.75 Å². The van der Waals surface area contributed by atoms with E-state index in [0.717, 1.165) is 12.2 Å². The SMILES string of the molecule is CC(C)N1CCOc2cc(C(=O)O)ccc21. The fourth-order valence-electron chi connectivity index (χ4n) is 1.91. The minimum absolute atomic E-state index is 0.268. The molecular weight excluding hydrogens is 206 g/mol. The smallest absolute Gasteiger partial charge is 0.335 e. The predicted molar refractivity (Wildman–Crippen MR) is 61.4 cm³/mol. The summed E-state index contributed by atoms with van der Waals surface area (Å²) in [4.78, 5) is 13.0. The summed E-state index contributed by atoms with van der Waals surface area (Å²) in [6, 6.07) is 5.41. The Morgan fingerprint density at radius 3 is 2.88 bits per heavy atom. The lowest BCUT2D eigenvalue weighted by atomic mass is 10.1. The fourth-order valence-corrected chi connectivity index (χ4v) is 1.91. The van der Waals surface area contributed by atoms with Gasteiger partial charge in [0, 0.05) is 6.04 Å². The number of hydrogen-bond donors (Lipinski definition) is 1. The van der Waals surface area contributed by atoms with Gasteiger partial charge in [-0.05, 0) is 32.0 Å². The van der Waals surface area contributed by atoms with E-state index in [9.17, 15) is 4.79 Å². The van der Waals surface area contributed by atoms with Crippen LogP contribution in [0, 0.1) is 0 Å². The molecule has 0 fully saturated rings. The average Bonchev–Trinajstić information content (AvgIpc) is 2.27. The van der Waals surface area contributed by atoms with Crippen LogP contribution in [0.25, 0.3) is 0 Å². The van der Waals surface area contributed by atoms with E-state index < -0.39 is 5.97 Å². The van der Waals surface area contributed by atoms with Crippen LogP contribution in [0.15, 0.2) is 18.2 Å². The molecular formula is C12H15NO3. The molecule has 0 unspecified atom stereocenters. The van der Waals surface area contributed by atoms with Gasteiger partial charge >= 0.3 is 5.97 Å². The van der Waals surface area contributed by atoms with Crippen LogP contribution in [-0.4, -0.2) is 30.3 Å². The maximum absolute atomic E-state index is 10.8. The van der Waals surface area contributed by atoms with Crippen molar-refractivity contribution in [2.75, 3.05) is 18.1 Å². The van der Waals surface area contributed by atoms with Crippen molar-refractivity contribution in [1.29, 1.82) is 0 Å². The third kappa shape index (κ3) is 1.83. The number of hydrogen-bond acceptors (Lipinski definition) is 3. The molecule has 0 aliphatic carbocycles. The van der Waals surface area contributed by atoms with Gasteiger partial charge in [-0.1, -0.05) is 0 Å². The van der Waals surface area contributed by atoms with E-state index in [-0.39, 0.29) is 5.56 Å². The van der Waals surface area contributed by atoms with Gasteiger partial charge in [-0.25, -0.2) is 4.79 Å². The van der Waals surface area contributed by atoms with Crippen LogP contribution in [0.1, 0.15) is 24.2 Å². The van der Waals surface area contributed by atoms with E-state index in [0.29, 0.717) is 18.4 Å². The monoisotopic (exact) mass is 221 g/mol. The van der Waals surface area contributed by atoms with Crippen LogP contribution in [0.3, 0.4) is 0 Å². The number of carboxylic acids is 1. The molecule has 1 aliphatic rings. The number of carbonyl (C=O) groups is 1. The number of ether oxygens (including phenoxy) is 1. The number of carboxylic acid groups (broad SMARTS) is 1. The Labute approximate surface area is 94.4 Å². The fraction of sp³-hybridized carbons (Fsp3) is 0.417. The lowest BCUT2D eigenvalue weighted by Gasteiger charge is -2.34. The highest BCUT2D eigenvalue weighted by molar-refractivity contribution is 5.89. The van der Waals surface area contributed by atoms with Crippen LogP contribution in [-0.2, 0) is 0 Å². The second kappa shape index (κ2) is 4.04. The molecule has 0 spiro atoms. The van der Waals surface area contributed by atoms with Crippen LogP contribution in [0.4, 0.5) is 5.69 Å². The topological polar surface area (TPSA) is 49.8 Å². The van der Waals surface area contributed by atoms with Gasteiger partial charge in [0.2, 0.25) is 0 Å². The molecule has 0 aromatic heterocycles. The maximum atomic E-state index is 10.8. The van der Waals surface area contributed by atoms with Crippen LogP contribution >= 0.6 is 0 Å².